The van der Waals surface area contributed by atoms with Crippen molar-refractivity contribution in [3.63, 3.8) is 0 Å². The molecule has 1 fully saturated rings. The highest BCUT2D eigenvalue weighted by Crippen LogP contribution is 2.33. The number of anilines is 2. The number of benzene rings is 1. The molecule has 8 heteroatoms. The number of fused-ring (bicyclic) bond motifs is 1. The molecule has 3 aromatic rings. The lowest BCUT2D eigenvalue weighted by Crippen LogP contribution is -2.33. The molecule has 0 unspecified atom stereocenters. The zero-order valence-electron chi connectivity index (χ0n) is 19.0. The van der Waals surface area contributed by atoms with Gasteiger partial charge >= 0.3 is 0 Å². The second-order valence-electron chi connectivity index (χ2n) is 8.43. The van der Waals surface area contributed by atoms with Crippen LogP contribution in [0.4, 0.5) is 11.5 Å². The molecule has 33 heavy (non-hydrogen) atoms. The number of aromatic nitrogens is 1. The monoisotopic (exact) mass is 467 g/mol. The maximum atomic E-state index is 13.0. The summed E-state index contributed by atoms with van der Waals surface area (Å²) in [6.45, 7) is 0.292. The number of carbonyl (C=O) groups excluding carboxylic acids is 3. The Morgan fingerprint density at radius 1 is 1.18 bits per heavy atom. The maximum absolute atomic E-state index is 13.0. The molecule has 0 saturated heterocycles. The molecule has 0 bridgehead atoms. The van der Waals surface area contributed by atoms with Gasteiger partial charge in [-0.15, -0.1) is 11.3 Å². The summed E-state index contributed by atoms with van der Waals surface area (Å²) in [6, 6.07) is 9.10. The van der Waals surface area contributed by atoms with Gasteiger partial charge in [0.05, 0.1) is 17.0 Å². The van der Waals surface area contributed by atoms with Gasteiger partial charge in [-0.1, -0.05) is 25.3 Å². The summed E-state index contributed by atoms with van der Waals surface area (Å²) in [6.07, 6.45) is 5.46. The quantitative estimate of drug-likeness (QED) is 0.443. The van der Waals surface area contributed by atoms with Crippen LogP contribution in [0.15, 0.2) is 35.7 Å². The van der Waals surface area contributed by atoms with Crippen molar-refractivity contribution >= 4 is 51.3 Å². The number of nitrogens with one attached hydrogen (secondary N) is 2. The van der Waals surface area contributed by atoms with E-state index in [2.05, 4.69) is 10.3 Å². The second-order valence-corrected chi connectivity index (χ2v) is 9.38. The lowest BCUT2D eigenvalue weighted by Gasteiger charge is -2.26. The number of hydrogen-bond acceptors (Lipinski definition) is 5. The number of amides is 2. The average Bonchev–Trinajstić information content (AvgIpc) is 3.50. The zero-order chi connectivity index (χ0) is 23.4. The summed E-state index contributed by atoms with van der Waals surface area (Å²) in [5.41, 5.74) is 1.88. The van der Waals surface area contributed by atoms with E-state index in [0.29, 0.717) is 33.8 Å². The predicted octanol–water partition coefficient (Wildman–Crippen LogP) is 5.24. The van der Waals surface area contributed by atoms with Gasteiger partial charge < -0.3 is 19.9 Å². The lowest BCUT2D eigenvalue weighted by molar-refractivity contribution is -0.123. The average molecular weight is 468 g/mol. The van der Waals surface area contributed by atoms with Crippen LogP contribution in [-0.4, -0.2) is 43.3 Å². The van der Waals surface area contributed by atoms with Crippen LogP contribution in [0, 0.1) is 5.92 Å². The Kier molecular flexibility index (Phi) is 7.25. The van der Waals surface area contributed by atoms with E-state index >= 15 is 0 Å². The van der Waals surface area contributed by atoms with Crippen LogP contribution in [0.2, 0.25) is 0 Å². The summed E-state index contributed by atoms with van der Waals surface area (Å²) < 4.78 is 5.08. The lowest BCUT2D eigenvalue weighted by atomic mass is 9.88. The van der Waals surface area contributed by atoms with Crippen LogP contribution < -0.4 is 10.2 Å². The molecule has 0 atom stereocenters. The molecule has 0 aliphatic heterocycles. The molecule has 0 spiro atoms. The molecule has 2 aromatic heterocycles. The highest BCUT2D eigenvalue weighted by molar-refractivity contribution is 7.12. The van der Waals surface area contributed by atoms with Crippen molar-refractivity contribution in [2.24, 2.45) is 5.92 Å². The highest BCUT2D eigenvalue weighted by Gasteiger charge is 2.26. The predicted molar refractivity (Wildman–Crippen MR) is 131 cm³/mol. The number of nitrogens with zero attached hydrogens (tertiary/aromatic N) is 1. The normalized spacial score (nSPS) is 14.4. The Balaban J connectivity index is 1.66. The van der Waals surface area contributed by atoms with Crippen LogP contribution in [0.25, 0.3) is 10.9 Å². The largest absolute Gasteiger partial charge is 0.384 e. The fourth-order valence-corrected chi connectivity index (χ4v) is 5.05. The topological polar surface area (TPSA) is 91.5 Å². The number of hydrogen-bond donors (Lipinski definition) is 2. The van der Waals surface area contributed by atoms with E-state index in [-0.39, 0.29) is 29.9 Å². The number of methoxy groups -OCH3 is 1. The minimum atomic E-state index is -0.276. The summed E-state index contributed by atoms with van der Waals surface area (Å²) >= 11 is 1.33. The van der Waals surface area contributed by atoms with Crippen molar-refractivity contribution in [2.45, 2.75) is 38.5 Å². The van der Waals surface area contributed by atoms with Gasteiger partial charge in [-0.25, -0.2) is 0 Å². The molecule has 1 aromatic carbocycles. The number of ether oxygens (including phenoxy) is 1. The maximum Gasteiger partial charge on any atom is 0.266 e. The summed E-state index contributed by atoms with van der Waals surface area (Å²) in [5.74, 6) is 0.159. The third-order valence-electron chi connectivity index (χ3n) is 6.25. The van der Waals surface area contributed by atoms with Gasteiger partial charge in [0.25, 0.3) is 5.91 Å². The van der Waals surface area contributed by atoms with Crippen LogP contribution in [0.3, 0.4) is 0 Å². The van der Waals surface area contributed by atoms with Gasteiger partial charge in [-0.3, -0.25) is 14.4 Å². The molecule has 2 amide bonds. The minimum Gasteiger partial charge on any atom is -0.384 e. The van der Waals surface area contributed by atoms with Crippen LogP contribution in [0.1, 0.15) is 58.6 Å². The van der Waals surface area contributed by atoms with Gasteiger partial charge in [-0.05, 0) is 42.5 Å². The molecule has 1 saturated carbocycles. The van der Waals surface area contributed by atoms with Gasteiger partial charge in [0.15, 0.2) is 5.78 Å². The van der Waals surface area contributed by atoms with Gasteiger partial charge in [0.1, 0.15) is 5.82 Å². The summed E-state index contributed by atoms with van der Waals surface area (Å²) in [5, 5.41) is 5.39. The van der Waals surface area contributed by atoms with E-state index in [4.69, 9.17) is 4.74 Å². The first-order valence-corrected chi connectivity index (χ1v) is 12.2. The Morgan fingerprint density at radius 3 is 2.67 bits per heavy atom. The van der Waals surface area contributed by atoms with Crippen molar-refractivity contribution in [1.29, 1.82) is 0 Å². The van der Waals surface area contributed by atoms with Gasteiger partial charge in [0, 0.05) is 43.1 Å². The van der Waals surface area contributed by atoms with Crippen molar-refractivity contribution in [1.82, 2.24) is 4.98 Å². The summed E-state index contributed by atoms with van der Waals surface area (Å²) in [4.78, 5) is 44.1. The van der Waals surface area contributed by atoms with Crippen LogP contribution in [-0.2, 0) is 9.53 Å². The van der Waals surface area contributed by atoms with Crippen molar-refractivity contribution < 1.29 is 19.1 Å². The number of carbonyl (C=O) groups is 3. The molecular formula is C25H29N3O4S. The molecule has 4 rings (SSSR count). The number of ketones is 1. The number of rotatable bonds is 8. The van der Waals surface area contributed by atoms with E-state index in [1.54, 1.807) is 31.2 Å². The first-order valence-electron chi connectivity index (χ1n) is 11.3. The Bertz CT molecular complexity index is 1150. The highest BCUT2D eigenvalue weighted by atomic mass is 32.1. The van der Waals surface area contributed by atoms with Gasteiger partial charge in [-0.2, -0.15) is 0 Å². The van der Waals surface area contributed by atoms with E-state index in [9.17, 15) is 14.4 Å². The molecule has 1 aliphatic carbocycles. The fourth-order valence-electron chi connectivity index (χ4n) is 4.43. The van der Waals surface area contributed by atoms with E-state index < -0.39 is 0 Å². The van der Waals surface area contributed by atoms with Gasteiger partial charge in [0.2, 0.25) is 5.91 Å². The Morgan fingerprint density at radius 2 is 1.97 bits per heavy atom. The van der Waals surface area contributed by atoms with Crippen LogP contribution >= 0.6 is 11.3 Å². The van der Waals surface area contributed by atoms with E-state index in [1.807, 2.05) is 23.6 Å². The first kappa shape index (κ1) is 23.2. The number of H-pyrrole nitrogens is 1. The van der Waals surface area contributed by atoms with Crippen LogP contribution in [0.5, 0.6) is 0 Å². The molecule has 2 N–H and O–H groups in total. The third-order valence-corrected chi connectivity index (χ3v) is 7.12. The fraction of sp³-hybridized carbons (Fsp3) is 0.400. The molecular weight excluding hydrogens is 438 g/mol. The third kappa shape index (κ3) is 5.02. The number of Topliss-reactive ketones (excluding diaryl/α,β-unsaturated/α-hetero) is 1. The SMILES string of the molecule is COCCC(=O)c1c(NC(=O)c2cccs2)[nH]c2cc(N(C)C(=O)C3CCCCC3)ccc12. The smallest absolute Gasteiger partial charge is 0.266 e. The van der Waals surface area contributed by atoms with E-state index in [1.165, 1.54) is 17.8 Å². The second kappa shape index (κ2) is 10.3. The first-order chi connectivity index (χ1) is 16.0. The minimum absolute atomic E-state index is 0.0647. The standard InChI is InChI=1S/C25H29N3O4S/c1-28(25(31)16-7-4-3-5-8-16)17-10-11-18-19(15-17)26-23(22(18)20(29)12-13-32-2)27-24(30)21-9-6-14-33-21/h6,9-11,14-16,26H,3-5,7-8,12-13H2,1-2H3,(H,27,30). The Hall–Kier alpha value is -2.97. The van der Waals surface area contributed by atoms with Crippen molar-refractivity contribution in [2.75, 3.05) is 31.0 Å². The summed E-state index contributed by atoms with van der Waals surface area (Å²) in [7, 11) is 3.35. The molecule has 0 radical (unpaired) electrons. The molecule has 174 valence electrons. The number of aromatic amines is 1. The van der Waals surface area contributed by atoms with E-state index in [0.717, 1.165) is 31.4 Å². The molecule has 1 aliphatic rings. The Labute approximate surface area is 197 Å². The molecule has 2 heterocycles. The van der Waals surface area contributed by atoms with Crippen molar-refractivity contribution in [3.05, 3.63) is 46.2 Å². The number of thiophene rings is 1. The molecule has 7 nitrogen and oxygen atoms in total. The zero-order valence-corrected chi connectivity index (χ0v) is 19.8. The van der Waals surface area contributed by atoms with Crippen molar-refractivity contribution in [3.8, 4) is 0 Å².